The molecule has 0 spiro atoms. The smallest absolute Gasteiger partial charge is 0.204 e. The van der Waals surface area contributed by atoms with Crippen LogP contribution in [0.25, 0.3) is 32.9 Å². The Morgan fingerprint density at radius 2 is 2.09 bits per heavy atom. The molecule has 6 nitrogen and oxygen atoms in total. The van der Waals surface area contributed by atoms with Gasteiger partial charge in [0, 0.05) is 17.1 Å². The summed E-state index contributed by atoms with van der Waals surface area (Å²) in [5.41, 5.74) is 5.78. The standard InChI is InChI=1S/C15H12N6S/c1-9-5-13(14-7-16-8-22-14)17-12-6-10(3-4-11(9)12)15-18-20-21(2)19-15/h3-8H,1-2H3. The Kier molecular flexibility index (Phi) is 2.93. The van der Waals surface area contributed by atoms with Crippen LogP contribution in [0.2, 0.25) is 0 Å². The number of thiazole rings is 1. The Bertz CT molecular complexity index is 958. The fraction of sp³-hybridized carbons (Fsp3) is 0.133. The molecule has 4 rings (SSSR count). The molecule has 4 aromatic rings. The predicted octanol–water partition coefficient (Wildman–Crippen LogP) is 2.86. The molecule has 0 aliphatic heterocycles. The van der Waals surface area contributed by atoms with Gasteiger partial charge in [-0.25, -0.2) is 4.98 Å². The van der Waals surface area contributed by atoms with E-state index in [2.05, 4.69) is 39.5 Å². The van der Waals surface area contributed by atoms with Gasteiger partial charge >= 0.3 is 0 Å². The summed E-state index contributed by atoms with van der Waals surface area (Å²) in [5, 5.41) is 13.3. The summed E-state index contributed by atoms with van der Waals surface area (Å²) >= 11 is 1.59. The van der Waals surface area contributed by atoms with Gasteiger partial charge in [-0.15, -0.1) is 21.5 Å². The molecule has 0 fully saturated rings. The van der Waals surface area contributed by atoms with Gasteiger partial charge in [0.25, 0.3) is 0 Å². The third-order valence-corrected chi connectivity index (χ3v) is 4.26. The van der Waals surface area contributed by atoms with E-state index in [0.29, 0.717) is 5.82 Å². The monoisotopic (exact) mass is 308 g/mol. The average molecular weight is 308 g/mol. The Labute approximate surface area is 130 Å². The van der Waals surface area contributed by atoms with E-state index >= 15 is 0 Å². The van der Waals surface area contributed by atoms with Crippen LogP contribution in [0, 0.1) is 6.92 Å². The van der Waals surface area contributed by atoms with Crippen molar-refractivity contribution in [3.63, 3.8) is 0 Å². The topological polar surface area (TPSA) is 69.4 Å². The maximum atomic E-state index is 4.76. The molecule has 3 aromatic heterocycles. The molecule has 0 atom stereocenters. The second-order valence-electron chi connectivity index (χ2n) is 5.02. The Morgan fingerprint density at radius 3 is 2.82 bits per heavy atom. The SMILES string of the molecule is Cc1cc(-c2cncs2)nc2cc(-c3nnn(C)n3)ccc12. The Morgan fingerprint density at radius 1 is 1.18 bits per heavy atom. The molecule has 3 heterocycles. The van der Waals surface area contributed by atoms with E-state index < -0.39 is 0 Å². The molecule has 0 radical (unpaired) electrons. The number of fused-ring (bicyclic) bond motifs is 1. The first-order chi connectivity index (χ1) is 10.7. The van der Waals surface area contributed by atoms with Crippen molar-refractivity contribution in [1.82, 2.24) is 30.2 Å². The highest BCUT2D eigenvalue weighted by Gasteiger charge is 2.10. The van der Waals surface area contributed by atoms with Crippen molar-refractivity contribution in [3.8, 4) is 22.0 Å². The number of rotatable bonds is 2. The molecule has 7 heteroatoms. The lowest BCUT2D eigenvalue weighted by Gasteiger charge is -2.06. The predicted molar refractivity (Wildman–Crippen MR) is 85.4 cm³/mol. The van der Waals surface area contributed by atoms with Crippen LogP contribution in [0.1, 0.15) is 5.56 Å². The largest absolute Gasteiger partial charge is 0.252 e. The van der Waals surface area contributed by atoms with Crippen LogP contribution >= 0.6 is 11.3 Å². The van der Waals surface area contributed by atoms with Gasteiger partial charge in [0.15, 0.2) is 0 Å². The third-order valence-electron chi connectivity index (χ3n) is 3.47. The number of pyridine rings is 1. The minimum Gasteiger partial charge on any atom is -0.252 e. The van der Waals surface area contributed by atoms with E-state index in [4.69, 9.17) is 4.98 Å². The first-order valence-corrected chi connectivity index (χ1v) is 7.63. The maximum absolute atomic E-state index is 4.76. The molecule has 0 saturated carbocycles. The van der Waals surface area contributed by atoms with E-state index in [1.54, 1.807) is 18.4 Å². The van der Waals surface area contributed by atoms with Gasteiger partial charge in [-0.05, 0) is 29.8 Å². The lowest BCUT2D eigenvalue weighted by Crippen LogP contribution is -1.92. The highest BCUT2D eigenvalue weighted by molar-refractivity contribution is 7.13. The van der Waals surface area contributed by atoms with Gasteiger partial charge in [0.05, 0.1) is 28.6 Å². The van der Waals surface area contributed by atoms with Crippen LogP contribution in [0.4, 0.5) is 0 Å². The number of benzene rings is 1. The second-order valence-corrected chi connectivity index (χ2v) is 5.91. The highest BCUT2D eigenvalue weighted by atomic mass is 32.1. The quantitative estimate of drug-likeness (QED) is 0.569. The summed E-state index contributed by atoms with van der Waals surface area (Å²) in [6.07, 6.45) is 1.84. The third kappa shape index (κ3) is 2.15. The van der Waals surface area contributed by atoms with Gasteiger partial charge < -0.3 is 0 Å². The molecule has 0 aliphatic rings. The lowest BCUT2D eigenvalue weighted by atomic mass is 10.1. The minimum absolute atomic E-state index is 0.604. The summed E-state index contributed by atoms with van der Waals surface area (Å²) in [6.45, 7) is 2.09. The number of nitrogens with zero attached hydrogens (tertiary/aromatic N) is 6. The van der Waals surface area contributed by atoms with Gasteiger partial charge in [0.2, 0.25) is 5.82 Å². The van der Waals surface area contributed by atoms with Crippen molar-refractivity contribution in [3.05, 3.63) is 41.5 Å². The van der Waals surface area contributed by atoms with Crippen LogP contribution < -0.4 is 0 Å². The van der Waals surface area contributed by atoms with Crippen molar-refractivity contribution in [1.29, 1.82) is 0 Å². The van der Waals surface area contributed by atoms with Crippen LogP contribution in [0.15, 0.2) is 36.0 Å². The van der Waals surface area contributed by atoms with E-state index in [-0.39, 0.29) is 0 Å². The van der Waals surface area contributed by atoms with E-state index in [1.165, 1.54) is 10.4 Å². The number of hydrogen-bond donors (Lipinski definition) is 0. The first kappa shape index (κ1) is 13.0. The zero-order valence-corrected chi connectivity index (χ0v) is 12.9. The number of tetrazole rings is 1. The number of aryl methyl sites for hydroxylation is 2. The minimum atomic E-state index is 0.604. The Balaban J connectivity index is 1.91. The fourth-order valence-corrected chi connectivity index (χ4v) is 2.99. The van der Waals surface area contributed by atoms with Gasteiger partial charge in [-0.1, -0.05) is 12.1 Å². The van der Waals surface area contributed by atoms with E-state index in [1.807, 2.05) is 23.8 Å². The number of aromatic nitrogens is 6. The first-order valence-electron chi connectivity index (χ1n) is 6.75. The molecule has 0 saturated heterocycles. The second kappa shape index (κ2) is 4.96. The van der Waals surface area contributed by atoms with Crippen molar-refractivity contribution in [2.45, 2.75) is 6.92 Å². The summed E-state index contributed by atoms with van der Waals surface area (Å²) in [6, 6.07) is 8.15. The normalized spacial score (nSPS) is 11.2. The van der Waals surface area contributed by atoms with Gasteiger partial charge in [-0.2, -0.15) is 4.80 Å². The maximum Gasteiger partial charge on any atom is 0.204 e. The zero-order chi connectivity index (χ0) is 15.1. The van der Waals surface area contributed by atoms with Crippen LogP contribution in [-0.4, -0.2) is 30.2 Å². The molecule has 22 heavy (non-hydrogen) atoms. The lowest BCUT2D eigenvalue weighted by molar-refractivity contribution is 0.630. The Hall–Kier alpha value is -2.67. The molecule has 0 aliphatic carbocycles. The summed E-state index contributed by atoms with van der Waals surface area (Å²) < 4.78 is 0. The molecule has 0 amide bonds. The molecule has 0 N–H and O–H groups in total. The fourth-order valence-electron chi connectivity index (χ4n) is 2.41. The summed E-state index contributed by atoms with van der Waals surface area (Å²) in [4.78, 5) is 11.4. The van der Waals surface area contributed by atoms with E-state index in [0.717, 1.165) is 27.0 Å². The molecule has 1 aromatic carbocycles. The molecular formula is C15H12N6S. The van der Waals surface area contributed by atoms with Crippen LogP contribution in [0.3, 0.4) is 0 Å². The average Bonchev–Trinajstić information content (AvgIpc) is 3.18. The molecule has 108 valence electrons. The van der Waals surface area contributed by atoms with E-state index in [9.17, 15) is 0 Å². The number of hydrogen-bond acceptors (Lipinski definition) is 6. The van der Waals surface area contributed by atoms with Gasteiger partial charge in [0.1, 0.15) is 0 Å². The molecule has 0 bridgehead atoms. The van der Waals surface area contributed by atoms with Crippen molar-refractivity contribution < 1.29 is 0 Å². The summed E-state index contributed by atoms with van der Waals surface area (Å²) in [5.74, 6) is 0.604. The van der Waals surface area contributed by atoms with Crippen LogP contribution in [-0.2, 0) is 7.05 Å². The zero-order valence-electron chi connectivity index (χ0n) is 12.1. The highest BCUT2D eigenvalue weighted by Crippen LogP contribution is 2.28. The molecular weight excluding hydrogens is 296 g/mol. The van der Waals surface area contributed by atoms with Gasteiger partial charge in [-0.3, -0.25) is 4.98 Å². The summed E-state index contributed by atoms with van der Waals surface area (Å²) in [7, 11) is 1.75. The van der Waals surface area contributed by atoms with Crippen molar-refractivity contribution in [2.24, 2.45) is 7.05 Å². The van der Waals surface area contributed by atoms with Crippen molar-refractivity contribution in [2.75, 3.05) is 0 Å². The molecule has 0 unspecified atom stereocenters. The van der Waals surface area contributed by atoms with Crippen molar-refractivity contribution >= 4 is 22.2 Å². The van der Waals surface area contributed by atoms with Crippen LogP contribution in [0.5, 0.6) is 0 Å².